The Balaban J connectivity index is 5.14. The van der Waals surface area contributed by atoms with E-state index in [1.54, 1.807) is 0 Å². The zero-order valence-corrected chi connectivity index (χ0v) is 58.3. The minimum atomic E-state index is -4.47. The van der Waals surface area contributed by atoms with Crippen LogP contribution in [0.4, 0.5) is 0 Å². The summed E-state index contributed by atoms with van der Waals surface area (Å²) in [6.45, 7) is 6.77. The van der Waals surface area contributed by atoms with Crippen molar-refractivity contribution < 1.29 is 37.3 Å². The van der Waals surface area contributed by atoms with Crippen molar-refractivity contribution in [2.75, 3.05) is 40.9 Å². The summed E-state index contributed by atoms with van der Waals surface area (Å²) in [6, 6.07) is -0.870. The molecule has 2 N–H and O–H groups in total. The van der Waals surface area contributed by atoms with E-state index >= 15 is 0 Å². The van der Waals surface area contributed by atoms with Crippen LogP contribution < -0.4 is 5.32 Å². The summed E-state index contributed by atoms with van der Waals surface area (Å²) in [5, 5.41) is 3.06. The Bertz CT molecular complexity index is 2020. The molecule has 0 heterocycles. The molecule has 0 aromatic heterocycles. The number of allylic oxidation sites excluding steroid dienone is 23. The van der Waals surface area contributed by atoms with Gasteiger partial charge in [-0.15, -0.1) is 0 Å². The van der Waals surface area contributed by atoms with Gasteiger partial charge in [0, 0.05) is 12.8 Å². The molecule has 0 rings (SSSR count). The molecule has 502 valence electrons. The van der Waals surface area contributed by atoms with Crippen LogP contribution in [0.1, 0.15) is 284 Å². The van der Waals surface area contributed by atoms with Crippen LogP contribution in [0.2, 0.25) is 0 Å². The number of ether oxygens (including phenoxy) is 1. The maximum absolute atomic E-state index is 13.6. The first-order valence-electron chi connectivity index (χ1n) is 35.7. The molecule has 1 amide bonds. The van der Waals surface area contributed by atoms with Gasteiger partial charge in [0.25, 0.3) is 0 Å². The molecular formula is C78H134N2O7P+. The maximum Gasteiger partial charge on any atom is 0.472 e. The average Bonchev–Trinajstić information content (AvgIpc) is 3.52. The van der Waals surface area contributed by atoms with E-state index in [9.17, 15) is 19.0 Å². The van der Waals surface area contributed by atoms with E-state index in [0.29, 0.717) is 23.9 Å². The first-order valence-corrected chi connectivity index (χ1v) is 37.2. The van der Waals surface area contributed by atoms with Crippen molar-refractivity contribution in [2.24, 2.45) is 0 Å². The Labute approximate surface area is 542 Å². The number of unbranched alkanes of at least 4 members (excludes halogenated alkanes) is 25. The molecule has 0 aromatic rings. The predicted molar refractivity (Wildman–Crippen MR) is 382 cm³/mol. The van der Waals surface area contributed by atoms with E-state index in [2.05, 4.69) is 160 Å². The molecule has 0 aliphatic heterocycles. The largest absolute Gasteiger partial charge is 0.472 e. The smallest absolute Gasteiger partial charge is 0.456 e. The Morgan fingerprint density at radius 3 is 1.09 bits per heavy atom. The van der Waals surface area contributed by atoms with Crippen molar-refractivity contribution in [3.05, 3.63) is 146 Å². The Hall–Kier alpha value is -4.11. The Morgan fingerprint density at radius 2 is 0.727 bits per heavy atom. The van der Waals surface area contributed by atoms with Crippen LogP contribution in [0.3, 0.4) is 0 Å². The highest BCUT2D eigenvalue weighted by Gasteiger charge is 2.30. The summed E-state index contributed by atoms with van der Waals surface area (Å²) < 4.78 is 30.8. The van der Waals surface area contributed by atoms with Crippen LogP contribution in [0.15, 0.2) is 146 Å². The van der Waals surface area contributed by atoms with Gasteiger partial charge in [0.1, 0.15) is 19.3 Å². The topological polar surface area (TPSA) is 111 Å². The summed E-state index contributed by atoms with van der Waals surface area (Å²) in [7, 11) is 1.46. The number of phosphoric ester groups is 1. The van der Waals surface area contributed by atoms with Gasteiger partial charge in [0.05, 0.1) is 33.8 Å². The molecule has 0 aliphatic carbocycles. The maximum atomic E-state index is 13.6. The van der Waals surface area contributed by atoms with Gasteiger partial charge >= 0.3 is 13.8 Å². The highest BCUT2D eigenvalue weighted by molar-refractivity contribution is 7.47. The minimum absolute atomic E-state index is 0.0285. The fourth-order valence-electron chi connectivity index (χ4n) is 9.62. The number of esters is 1. The number of phosphoric acid groups is 1. The zero-order chi connectivity index (χ0) is 64.2. The number of carbonyl (C=O) groups is 2. The fraction of sp³-hybridized carbons (Fsp3) is 0.667. The number of nitrogens with zero attached hydrogens (tertiary/aromatic N) is 1. The molecule has 0 spiro atoms. The highest BCUT2D eigenvalue weighted by Crippen LogP contribution is 2.43. The van der Waals surface area contributed by atoms with Gasteiger partial charge < -0.3 is 19.4 Å². The zero-order valence-electron chi connectivity index (χ0n) is 57.4. The third-order valence-corrected chi connectivity index (χ3v) is 16.0. The molecule has 9 nitrogen and oxygen atoms in total. The van der Waals surface area contributed by atoms with Crippen molar-refractivity contribution in [3.8, 4) is 0 Å². The molecule has 0 aromatic carbocycles. The second kappa shape index (κ2) is 65.8. The van der Waals surface area contributed by atoms with Crippen molar-refractivity contribution in [1.29, 1.82) is 0 Å². The highest BCUT2D eigenvalue weighted by atomic mass is 31.2. The van der Waals surface area contributed by atoms with Crippen molar-refractivity contribution in [1.82, 2.24) is 5.32 Å². The monoisotopic (exact) mass is 1240 g/mol. The summed E-state index contributed by atoms with van der Waals surface area (Å²) in [5.41, 5.74) is 0. The van der Waals surface area contributed by atoms with E-state index in [0.717, 1.165) is 161 Å². The van der Waals surface area contributed by atoms with Gasteiger partial charge in [-0.25, -0.2) is 4.57 Å². The molecule has 0 saturated carbocycles. The molecule has 0 aliphatic rings. The standard InChI is InChI=1S/C78H133N2O7P/c1-7-10-13-16-19-22-25-28-30-32-34-36-38-40-42-44-46-48-50-52-55-58-61-64-67-70-77(81)79-75(74-86-88(83,84)85-73-72-80(4,5)6)76(69-66-63-60-57-54-27-24-21-18-15-12-9-3)87-78(82)71-68-65-62-59-56-53-51-49-47-45-43-41-39-37-35-33-31-29-26-23-20-17-14-11-8-2/h10-11,13-14,19-20,22-23,28-31,34-37,40-43,47,49,66,69,75-76H,7-9,12,15-18,21,24-27,32-33,38-39,44-46,48,50-65,67-68,70-74H2,1-6H3,(H-,79,81,83,84)/p+1/b13-10-,14-11-,22-19-,23-20-,30-28-,31-29-,36-34-,37-35-,42-40-,43-41-,49-47-,69-66+. The predicted octanol–water partition coefficient (Wildman–Crippen LogP) is 23.0. The molecule has 10 heteroatoms. The lowest BCUT2D eigenvalue weighted by atomic mass is 10.0. The summed E-state index contributed by atoms with van der Waals surface area (Å²) in [6.07, 6.45) is 95.7. The number of hydrogen-bond donors (Lipinski definition) is 2. The minimum Gasteiger partial charge on any atom is -0.456 e. The number of hydrogen-bond acceptors (Lipinski definition) is 6. The van der Waals surface area contributed by atoms with Crippen LogP contribution in [-0.4, -0.2) is 74.3 Å². The summed E-state index contributed by atoms with van der Waals surface area (Å²) in [5.74, 6) is -0.535. The molecule has 3 atom stereocenters. The van der Waals surface area contributed by atoms with Gasteiger partial charge in [0.15, 0.2) is 0 Å². The van der Waals surface area contributed by atoms with E-state index in [-0.39, 0.29) is 31.5 Å². The average molecular weight is 1240 g/mol. The fourth-order valence-corrected chi connectivity index (χ4v) is 10.4. The second-order valence-electron chi connectivity index (χ2n) is 24.6. The lowest BCUT2D eigenvalue weighted by Crippen LogP contribution is -2.47. The summed E-state index contributed by atoms with van der Waals surface area (Å²) >= 11 is 0. The summed E-state index contributed by atoms with van der Waals surface area (Å²) in [4.78, 5) is 37.9. The van der Waals surface area contributed by atoms with E-state index in [1.807, 2.05) is 33.3 Å². The van der Waals surface area contributed by atoms with Crippen LogP contribution >= 0.6 is 7.82 Å². The SMILES string of the molecule is CC/C=C\C/C=C\C/C=C\C/C=C\C/C=C\C/C=C\CCCCCCCCC(=O)OC(/C=C/CCCCCCCCCCCC)C(COP(=O)(O)OCC[N+](C)(C)C)NC(=O)CCCCCCCCCCC/C=C\C/C=C\C/C=C\C/C=C\C/C=C\CC. The van der Waals surface area contributed by atoms with Crippen molar-refractivity contribution in [3.63, 3.8) is 0 Å². The molecule has 0 radical (unpaired) electrons. The molecule has 88 heavy (non-hydrogen) atoms. The lowest BCUT2D eigenvalue weighted by Gasteiger charge is -2.27. The second-order valence-corrected chi connectivity index (χ2v) is 26.1. The van der Waals surface area contributed by atoms with Crippen LogP contribution in [0, 0.1) is 0 Å². The Kier molecular flexibility index (Phi) is 62.8. The van der Waals surface area contributed by atoms with E-state index in [4.69, 9.17) is 13.8 Å². The third kappa shape index (κ3) is 66.3. The van der Waals surface area contributed by atoms with Crippen molar-refractivity contribution in [2.45, 2.75) is 296 Å². The molecule has 0 fully saturated rings. The molecule has 3 unspecified atom stereocenters. The first kappa shape index (κ1) is 83.9. The van der Waals surface area contributed by atoms with Crippen LogP contribution in [0.5, 0.6) is 0 Å². The molecule has 0 bridgehead atoms. The number of amides is 1. The van der Waals surface area contributed by atoms with Gasteiger partial charge in [0.2, 0.25) is 5.91 Å². The first-order chi connectivity index (χ1) is 42.9. The number of rotatable bonds is 63. The number of nitrogens with one attached hydrogen (secondary N) is 1. The number of quaternary nitrogens is 1. The number of carbonyl (C=O) groups excluding carboxylic acids is 2. The van der Waals surface area contributed by atoms with E-state index in [1.165, 1.54) is 83.5 Å². The van der Waals surface area contributed by atoms with Gasteiger partial charge in [-0.1, -0.05) is 289 Å². The van der Waals surface area contributed by atoms with Crippen molar-refractivity contribution >= 4 is 19.7 Å². The Morgan fingerprint density at radius 1 is 0.409 bits per heavy atom. The molecular weight excluding hydrogens is 1110 g/mol. The third-order valence-electron chi connectivity index (χ3n) is 15.0. The van der Waals surface area contributed by atoms with Crippen LogP contribution in [0.25, 0.3) is 0 Å². The lowest BCUT2D eigenvalue weighted by molar-refractivity contribution is -0.870. The van der Waals surface area contributed by atoms with Gasteiger partial charge in [-0.2, -0.15) is 0 Å². The normalized spacial score (nSPS) is 14.4. The quantitative estimate of drug-likeness (QED) is 0.0205. The van der Waals surface area contributed by atoms with Crippen LogP contribution in [-0.2, 0) is 27.9 Å². The van der Waals surface area contributed by atoms with E-state index < -0.39 is 20.0 Å². The van der Waals surface area contributed by atoms with Gasteiger partial charge in [-0.3, -0.25) is 18.6 Å². The molecule has 0 saturated heterocycles. The number of likely N-dealkylation sites (N-methyl/N-ethyl adjacent to an activating group) is 1. The van der Waals surface area contributed by atoms with Gasteiger partial charge in [-0.05, 0) is 128 Å².